The lowest BCUT2D eigenvalue weighted by Crippen LogP contribution is -2.26. The summed E-state index contributed by atoms with van der Waals surface area (Å²) in [6, 6.07) is 0.836. The zero-order chi connectivity index (χ0) is 8.65. The summed E-state index contributed by atoms with van der Waals surface area (Å²) in [6.07, 6.45) is 9.44. The molecule has 0 saturated heterocycles. The number of nitrogens with one attached hydrogen (secondary N) is 1. The van der Waals surface area contributed by atoms with E-state index in [-0.39, 0.29) is 0 Å². The summed E-state index contributed by atoms with van der Waals surface area (Å²) in [4.78, 5) is 0. The fourth-order valence-electron chi connectivity index (χ4n) is 1.88. The number of unbranched alkanes of at least 4 members (excludes halogenated alkanes) is 2. The van der Waals surface area contributed by atoms with Gasteiger partial charge in [-0.1, -0.05) is 19.3 Å². The van der Waals surface area contributed by atoms with Crippen LogP contribution in [-0.2, 0) is 0 Å². The highest BCUT2D eigenvalue weighted by Crippen LogP contribution is 2.17. The Labute approximate surface area is 75.9 Å². The van der Waals surface area contributed by atoms with Crippen LogP contribution in [0.2, 0.25) is 0 Å². The summed E-state index contributed by atoms with van der Waals surface area (Å²) in [7, 11) is 0. The third-order valence-electron chi connectivity index (χ3n) is 2.67. The van der Waals surface area contributed by atoms with Gasteiger partial charge in [0.1, 0.15) is 0 Å². The standard InChI is InChI=1S/C10H22N2/c11-8-4-1-5-9-12-10-6-2-3-7-10/h10,12H,1-9,11H2. The molecule has 0 bridgehead atoms. The summed E-state index contributed by atoms with van der Waals surface area (Å²) >= 11 is 0. The minimum absolute atomic E-state index is 0.836. The van der Waals surface area contributed by atoms with Gasteiger partial charge in [0, 0.05) is 6.04 Å². The highest BCUT2D eigenvalue weighted by molar-refractivity contribution is 4.73. The highest BCUT2D eigenvalue weighted by atomic mass is 14.9. The van der Waals surface area contributed by atoms with Crippen LogP contribution < -0.4 is 11.1 Å². The van der Waals surface area contributed by atoms with Gasteiger partial charge in [-0.05, 0) is 38.8 Å². The summed E-state index contributed by atoms with van der Waals surface area (Å²) in [5.74, 6) is 0. The minimum atomic E-state index is 0.836. The lowest BCUT2D eigenvalue weighted by Gasteiger charge is -2.10. The molecule has 0 aromatic heterocycles. The largest absolute Gasteiger partial charge is 0.330 e. The van der Waals surface area contributed by atoms with Crippen LogP contribution in [0.5, 0.6) is 0 Å². The Kier molecular flexibility index (Phi) is 5.37. The van der Waals surface area contributed by atoms with E-state index in [4.69, 9.17) is 5.73 Å². The molecule has 0 spiro atoms. The van der Waals surface area contributed by atoms with Crippen molar-refractivity contribution in [2.24, 2.45) is 5.73 Å². The van der Waals surface area contributed by atoms with E-state index in [0.717, 1.165) is 12.6 Å². The predicted molar refractivity (Wildman–Crippen MR) is 53.2 cm³/mol. The summed E-state index contributed by atoms with van der Waals surface area (Å²) in [5, 5.41) is 3.60. The zero-order valence-electron chi connectivity index (χ0n) is 8.02. The van der Waals surface area contributed by atoms with Crippen LogP contribution >= 0.6 is 0 Å². The van der Waals surface area contributed by atoms with Crippen molar-refractivity contribution in [1.29, 1.82) is 0 Å². The topological polar surface area (TPSA) is 38.0 Å². The Bertz CT molecular complexity index is 98.0. The van der Waals surface area contributed by atoms with E-state index in [1.165, 1.54) is 51.5 Å². The number of rotatable bonds is 6. The Morgan fingerprint density at radius 1 is 1.08 bits per heavy atom. The van der Waals surface area contributed by atoms with Crippen LogP contribution in [0.4, 0.5) is 0 Å². The van der Waals surface area contributed by atoms with Gasteiger partial charge in [0.2, 0.25) is 0 Å². The van der Waals surface area contributed by atoms with Crippen LogP contribution in [-0.4, -0.2) is 19.1 Å². The number of hydrogen-bond donors (Lipinski definition) is 2. The molecule has 1 rings (SSSR count). The SMILES string of the molecule is NCCCCCNC1CCCC1. The molecule has 1 aliphatic rings. The third kappa shape index (κ3) is 4.07. The maximum atomic E-state index is 5.41. The van der Waals surface area contributed by atoms with Gasteiger partial charge in [-0.2, -0.15) is 0 Å². The fraction of sp³-hybridized carbons (Fsp3) is 1.00. The van der Waals surface area contributed by atoms with Crippen LogP contribution in [0.15, 0.2) is 0 Å². The Hall–Kier alpha value is -0.0800. The van der Waals surface area contributed by atoms with Crippen molar-refractivity contribution in [2.75, 3.05) is 13.1 Å². The van der Waals surface area contributed by atoms with Crippen molar-refractivity contribution in [3.63, 3.8) is 0 Å². The van der Waals surface area contributed by atoms with Crippen molar-refractivity contribution in [1.82, 2.24) is 5.32 Å². The number of hydrogen-bond acceptors (Lipinski definition) is 2. The van der Waals surface area contributed by atoms with Crippen molar-refractivity contribution in [3.05, 3.63) is 0 Å². The molecule has 2 nitrogen and oxygen atoms in total. The molecule has 12 heavy (non-hydrogen) atoms. The van der Waals surface area contributed by atoms with Crippen LogP contribution in [0.1, 0.15) is 44.9 Å². The second kappa shape index (κ2) is 6.44. The molecule has 0 radical (unpaired) electrons. The van der Waals surface area contributed by atoms with Gasteiger partial charge in [0.05, 0.1) is 0 Å². The molecular formula is C10H22N2. The van der Waals surface area contributed by atoms with Crippen LogP contribution in [0, 0.1) is 0 Å². The molecular weight excluding hydrogens is 148 g/mol. The smallest absolute Gasteiger partial charge is 0.00670 e. The molecule has 2 heteroatoms. The first-order valence-electron chi connectivity index (χ1n) is 5.37. The van der Waals surface area contributed by atoms with Crippen molar-refractivity contribution < 1.29 is 0 Å². The van der Waals surface area contributed by atoms with E-state index >= 15 is 0 Å². The van der Waals surface area contributed by atoms with Crippen molar-refractivity contribution >= 4 is 0 Å². The fourth-order valence-corrected chi connectivity index (χ4v) is 1.88. The molecule has 0 aromatic carbocycles. The van der Waals surface area contributed by atoms with Crippen molar-refractivity contribution in [3.8, 4) is 0 Å². The first kappa shape index (κ1) is 10.0. The first-order valence-corrected chi connectivity index (χ1v) is 5.37. The van der Waals surface area contributed by atoms with Gasteiger partial charge in [-0.3, -0.25) is 0 Å². The zero-order valence-corrected chi connectivity index (χ0v) is 8.02. The molecule has 0 unspecified atom stereocenters. The molecule has 1 aliphatic carbocycles. The summed E-state index contributed by atoms with van der Waals surface area (Å²) in [5.41, 5.74) is 5.41. The van der Waals surface area contributed by atoms with E-state index in [2.05, 4.69) is 5.32 Å². The van der Waals surface area contributed by atoms with Gasteiger partial charge >= 0.3 is 0 Å². The molecule has 0 aromatic rings. The van der Waals surface area contributed by atoms with E-state index in [1.807, 2.05) is 0 Å². The molecule has 1 fully saturated rings. The molecule has 72 valence electrons. The Morgan fingerprint density at radius 2 is 1.83 bits per heavy atom. The van der Waals surface area contributed by atoms with Gasteiger partial charge in [0.15, 0.2) is 0 Å². The average molecular weight is 170 g/mol. The van der Waals surface area contributed by atoms with Gasteiger partial charge in [0.25, 0.3) is 0 Å². The van der Waals surface area contributed by atoms with Gasteiger partial charge in [-0.15, -0.1) is 0 Å². The Balaban J connectivity index is 1.81. The summed E-state index contributed by atoms with van der Waals surface area (Å²) in [6.45, 7) is 2.05. The monoisotopic (exact) mass is 170 g/mol. The Morgan fingerprint density at radius 3 is 2.50 bits per heavy atom. The normalized spacial score (nSPS) is 18.8. The highest BCUT2D eigenvalue weighted by Gasteiger charge is 2.12. The third-order valence-corrected chi connectivity index (χ3v) is 2.67. The lowest BCUT2D eigenvalue weighted by molar-refractivity contribution is 0.504. The maximum absolute atomic E-state index is 5.41. The van der Waals surface area contributed by atoms with Gasteiger partial charge < -0.3 is 11.1 Å². The molecule has 0 amide bonds. The van der Waals surface area contributed by atoms with Crippen molar-refractivity contribution in [2.45, 2.75) is 51.0 Å². The second-order valence-electron chi connectivity index (χ2n) is 3.78. The van der Waals surface area contributed by atoms with E-state index < -0.39 is 0 Å². The average Bonchev–Trinajstić information content (AvgIpc) is 2.57. The van der Waals surface area contributed by atoms with E-state index in [0.29, 0.717) is 0 Å². The number of nitrogens with two attached hydrogens (primary N) is 1. The predicted octanol–water partition coefficient (Wildman–Crippen LogP) is 1.65. The van der Waals surface area contributed by atoms with Gasteiger partial charge in [-0.25, -0.2) is 0 Å². The molecule has 3 N–H and O–H groups in total. The van der Waals surface area contributed by atoms with Crippen LogP contribution in [0.25, 0.3) is 0 Å². The minimum Gasteiger partial charge on any atom is -0.330 e. The maximum Gasteiger partial charge on any atom is 0.00670 e. The van der Waals surface area contributed by atoms with E-state index in [9.17, 15) is 0 Å². The van der Waals surface area contributed by atoms with Crippen LogP contribution in [0.3, 0.4) is 0 Å². The van der Waals surface area contributed by atoms with E-state index in [1.54, 1.807) is 0 Å². The molecule has 0 aliphatic heterocycles. The molecule has 0 heterocycles. The molecule has 0 atom stereocenters. The molecule has 1 saturated carbocycles. The lowest BCUT2D eigenvalue weighted by atomic mass is 10.2. The summed E-state index contributed by atoms with van der Waals surface area (Å²) < 4.78 is 0. The quantitative estimate of drug-likeness (QED) is 0.595. The second-order valence-corrected chi connectivity index (χ2v) is 3.78. The first-order chi connectivity index (χ1) is 5.93.